The van der Waals surface area contributed by atoms with Crippen LogP contribution in [0.5, 0.6) is 0 Å². The number of benzene rings is 1. The lowest BCUT2D eigenvalue weighted by molar-refractivity contribution is -0.127. The highest BCUT2D eigenvalue weighted by Gasteiger charge is 2.38. The molecular formula is C14H14F3NO2. The predicted molar refractivity (Wildman–Crippen MR) is 66.5 cm³/mol. The molecule has 3 nitrogen and oxygen atoms in total. The van der Waals surface area contributed by atoms with Crippen molar-refractivity contribution >= 4 is 11.8 Å². The van der Waals surface area contributed by atoms with Crippen LogP contribution in [0.25, 0.3) is 0 Å². The van der Waals surface area contributed by atoms with E-state index in [0.29, 0.717) is 6.42 Å². The number of rotatable bonds is 3. The highest BCUT2D eigenvalue weighted by molar-refractivity contribution is 6.21. The number of carbonyl (C=O) groups is 2. The molecule has 1 aliphatic heterocycles. The fourth-order valence-electron chi connectivity index (χ4n) is 2.23. The summed E-state index contributed by atoms with van der Waals surface area (Å²) in [6, 6.07) is 3.45. The normalized spacial score (nSPS) is 16.6. The molecular weight excluding hydrogens is 271 g/mol. The van der Waals surface area contributed by atoms with Gasteiger partial charge in [-0.2, -0.15) is 13.2 Å². The van der Waals surface area contributed by atoms with E-state index >= 15 is 0 Å². The van der Waals surface area contributed by atoms with Crippen molar-refractivity contribution in [2.75, 3.05) is 0 Å². The molecule has 0 saturated carbocycles. The summed E-state index contributed by atoms with van der Waals surface area (Å²) >= 11 is 0. The molecule has 0 aliphatic carbocycles. The maximum absolute atomic E-state index is 12.4. The van der Waals surface area contributed by atoms with E-state index in [1.165, 1.54) is 18.2 Å². The maximum Gasteiger partial charge on any atom is 0.393 e. The average molecular weight is 285 g/mol. The summed E-state index contributed by atoms with van der Waals surface area (Å²) in [6.45, 7) is 3.57. The molecule has 20 heavy (non-hydrogen) atoms. The third kappa shape index (κ3) is 2.55. The molecule has 0 aromatic heterocycles. The third-order valence-corrected chi connectivity index (χ3v) is 3.42. The van der Waals surface area contributed by atoms with Crippen molar-refractivity contribution in [3.63, 3.8) is 0 Å². The van der Waals surface area contributed by atoms with Crippen LogP contribution in [0.4, 0.5) is 13.2 Å². The zero-order valence-electron chi connectivity index (χ0n) is 11.1. The number of imide groups is 1. The van der Waals surface area contributed by atoms with Gasteiger partial charge in [0.1, 0.15) is 0 Å². The smallest absolute Gasteiger partial charge is 0.272 e. The van der Waals surface area contributed by atoms with Crippen molar-refractivity contribution < 1.29 is 22.8 Å². The zero-order valence-corrected chi connectivity index (χ0v) is 11.1. The first-order valence-electron chi connectivity index (χ1n) is 6.32. The summed E-state index contributed by atoms with van der Waals surface area (Å²) in [5.41, 5.74) is 0.238. The summed E-state index contributed by atoms with van der Waals surface area (Å²) in [7, 11) is 0. The van der Waals surface area contributed by atoms with Crippen LogP contribution in [0, 0.1) is 0 Å². The molecule has 0 saturated heterocycles. The summed E-state index contributed by atoms with van der Waals surface area (Å²) in [6.07, 6.45) is -4.84. The molecule has 108 valence electrons. The third-order valence-electron chi connectivity index (χ3n) is 3.42. The van der Waals surface area contributed by atoms with E-state index in [9.17, 15) is 22.8 Å². The van der Waals surface area contributed by atoms with Gasteiger partial charge in [-0.15, -0.1) is 0 Å². The fraction of sp³-hybridized carbons (Fsp3) is 0.429. The van der Waals surface area contributed by atoms with E-state index in [1.807, 2.05) is 6.92 Å². The molecule has 1 unspecified atom stereocenters. The molecule has 2 rings (SSSR count). The number of fused-ring (bicyclic) bond motifs is 1. The lowest BCUT2D eigenvalue weighted by Crippen LogP contribution is -2.37. The number of carbonyl (C=O) groups excluding carboxylic acids is 2. The summed E-state index contributed by atoms with van der Waals surface area (Å²) < 4.78 is 37.1. The van der Waals surface area contributed by atoms with E-state index in [2.05, 4.69) is 0 Å². The molecule has 2 amide bonds. The van der Waals surface area contributed by atoms with E-state index in [1.54, 1.807) is 6.92 Å². The van der Waals surface area contributed by atoms with E-state index in [4.69, 9.17) is 0 Å². The summed E-state index contributed by atoms with van der Waals surface area (Å²) in [5.74, 6) is -0.943. The van der Waals surface area contributed by atoms with E-state index in [0.717, 1.165) is 4.90 Å². The van der Waals surface area contributed by atoms with Crippen LogP contribution >= 0.6 is 0 Å². The van der Waals surface area contributed by atoms with Crippen LogP contribution in [-0.4, -0.2) is 28.9 Å². The van der Waals surface area contributed by atoms with Gasteiger partial charge >= 0.3 is 6.18 Å². The van der Waals surface area contributed by atoms with Gasteiger partial charge in [0, 0.05) is 6.04 Å². The minimum Gasteiger partial charge on any atom is -0.272 e. The second-order valence-electron chi connectivity index (χ2n) is 4.91. The Balaban J connectivity index is 2.37. The van der Waals surface area contributed by atoms with Gasteiger partial charge in [0.25, 0.3) is 11.8 Å². The average Bonchev–Trinajstić information content (AvgIpc) is 2.59. The van der Waals surface area contributed by atoms with Crippen molar-refractivity contribution in [1.82, 2.24) is 4.90 Å². The van der Waals surface area contributed by atoms with Crippen LogP contribution in [0.2, 0.25) is 0 Å². The van der Waals surface area contributed by atoms with Gasteiger partial charge in [-0.3, -0.25) is 14.5 Å². The molecule has 6 heteroatoms. The summed E-state index contributed by atoms with van der Waals surface area (Å²) in [4.78, 5) is 25.3. The Kier molecular flexibility index (Phi) is 3.58. The Morgan fingerprint density at radius 1 is 1.15 bits per heavy atom. The Morgan fingerprint density at radius 2 is 1.75 bits per heavy atom. The molecule has 1 aromatic carbocycles. The Hall–Kier alpha value is -1.85. The predicted octanol–water partition coefficient (Wildman–Crippen LogP) is 3.19. The monoisotopic (exact) mass is 285 g/mol. The fourth-order valence-corrected chi connectivity index (χ4v) is 2.23. The van der Waals surface area contributed by atoms with Crippen LogP contribution in [0.15, 0.2) is 18.2 Å². The topological polar surface area (TPSA) is 37.4 Å². The van der Waals surface area contributed by atoms with Crippen LogP contribution in [0.3, 0.4) is 0 Å². The number of halogens is 3. The van der Waals surface area contributed by atoms with Crippen molar-refractivity contribution in [3.05, 3.63) is 34.9 Å². The molecule has 1 atom stereocenters. The van der Waals surface area contributed by atoms with Crippen LogP contribution in [0.1, 0.15) is 46.5 Å². The first kappa shape index (κ1) is 14.6. The minimum absolute atomic E-state index is 0.0107. The van der Waals surface area contributed by atoms with Gasteiger partial charge in [-0.1, -0.05) is 13.0 Å². The van der Waals surface area contributed by atoms with Gasteiger partial charge in [0.2, 0.25) is 0 Å². The molecule has 0 bridgehead atoms. The second-order valence-corrected chi connectivity index (χ2v) is 4.91. The van der Waals surface area contributed by atoms with Crippen LogP contribution in [-0.2, 0) is 6.42 Å². The Labute approximate surface area is 114 Å². The van der Waals surface area contributed by atoms with Gasteiger partial charge < -0.3 is 0 Å². The van der Waals surface area contributed by atoms with Crippen molar-refractivity contribution in [2.24, 2.45) is 0 Å². The molecule has 0 spiro atoms. The zero-order chi connectivity index (χ0) is 15.1. The van der Waals surface area contributed by atoms with Crippen molar-refractivity contribution in [1.29, 1.82) is 0 Å². The lowest BCUT2D eigenvalue weighted by atomic mass is 10.0. The van der Waals surface area contributed by atoms with Crippen molar-refractivity contribution in [3.8, 4) is 0 Å². The van der Waals surface area contributed by atoms with Gasteiger partial charge in [-0.05, 0) is 31.0 Å². The molecule has 0 fully saturated rings. The first-order chi connectivity index (χ1) is 9.24. The molecule has 1 aromatic rings. The van der Waals surface area contributed by atoms with Gasteiger partial charge in [0.15, 0.2) is 0 Å². The van der Waals surface area contributed by atoms with E-state index < -0.39 is 24.4 Å². The number of amides is 2. The Morgan fingerprint density at radius 3 is 2.30 bits per heavy atom. The molecule has 1 aliphatic rings. The quantitative estimate of drug-likeness (QED) is 0.800. The molecule has 0 N–H and O–H groups in total. The number of alkyl halides is 3. The minimum atomic E-state index is -4.34. The highest BCUT2D eigenvalue weighted by atomic mass is 19.4. The standard InChI is InChI=1S/C14H14F3NO2/c1-3-8(2)18-12(19)10-5-4-9(7-14(15,16)17)6-11(10)13(18)20/h4-6,8H,3,7H2,1-2H3. The Bertz CT molecular complexity index is 566. The number of hydrogen-bond donors (Lipinski definition) is 0. The maximum atomic E-state index is 12.4. The molecule has 0 radical (unpaired) electrons. The lowest BCUT2D eigenvalue weighted by Gasteiger charge is -2.20. The number of hydrogen-bond acceptors (Lipinski definition) is 2. The summed E-state index contributed by atoms with van der Waals surface area (Å²) in [5, 5.41) is 0. The largest absolute Gasteiger partial charge is 0.393 e. The van der Waals surface area contributed by atoms with Crippen molar-refractivity contribution in [2.45, 2.75) is 38.9 Å². The van der Waals surface area contributed by atoms with E-state index in [-0.39, 0.29) is 22.7 Å². The molecule has 1 heterocycles. The van der Waals surface area contributed by atoms with Gasteiger partial charge in [0.05, 0.1) is 17.5 Å². The number of nitrogens with zero attached hydrogens (tertiary/aromatic N) is 1. The van der Waals surface area contributed by atoms with Crippen LogP contribution < -0.4 is 0 Å². The highest BCUT2D eigenvalue weighted by Crippen LogP contribution is 2.29. The van der Waals surface area contributed by atoms with Gasteiger partial charge in [-0.25, -0.2) is 0 Å². The second kappa shape index (κ2) is 4.92. The SMILES string of the molecule is CCC(C)N1C(=O)c2ccc(CC(F)(F)F)cc2C1=O. The first-order valence-corrected chi connectivity index (χ1v) is 6.32.